The molecule has 0 unspecified atom stereocenters. The van der Waals surface area contributed by atoms with Gasteiger partial charge in [0.1, 0.15) is 0 Å². The van der Waals surface area contributed by atoms with Gasteiger partial charge >= 0.3 is 0 Å². The number of nitro benzene ring substituents is 1. The number of non-ortho nitro benzene ring substituents is 1. The molecule has 0 atom stereocenters. The fourth-order valence-corrected chi connectivity index (χ4v) is 3.86. The average molecular weight is 349 g/mol. The molecule has 0 N–H and O–H groups in total. The lowest BCUT2D eigenvalue weighted by molar-refractivity contribution is -0.384. The number of nitrogens with zero attached hydrogens (tertiary/aromatic N) is 1. The van der Waals surface area contributed by atoms with Gasteiger partial charge in [-0.25, -0.2) is 0 Å². The first kappa shape index (κ1) is 18.4. The quantitative estimate of drug-likeness (QED) is 0.360. The molecular weight excluding hydrogens is 322 g/mol. The van der Waals surface area contributed by atoms with E-state index in [-0.39, 0.29) is 21.4 Å². The fourth-order valence-electron chi connectivity index (χ4n) is 3.86. The predicted molar refractivity (Wildman–Crippen MR) is 108 cm³/mol. The van der Waals surface area contributed by atoms with E-state index in [0.29, 0.717) is 0 Å². The van der Waals surface area contributed by atoms with Crippen molar-refractivity contribution in [1.29, 1.82) is 0 Å². The zero-order chi connectivity index (χ0) is 19.1. The first-order valence-corrected chi connectivity index (χ1v) is 9.18. The number of fused-ring (bicyclic) bond motifs is 1. The third-order valence-electron chi connectivity index (χ3n) is 5.80. The Hall–Kier alpha value is -2.42. The molecule has 1 aliphatic rings. The molecule has 0 amide bonds. The molecule has 3 rings (SSSR count). The van der Waals surface area contributed by atoms with Gasteiger partial charge in [-0.2, -0.15) is 0 Å². The SMILES string of the molecule is C/C(=C\c1ccc([N+](=O)[O-])cc1)c1ccc2c(c1)C(C)(C)CCC2(C)C. The van der Waals surface area contributed by atoms with Crippen molar-refractivity contribution in [2.75, 3.05) is 0 Å². The van der Waals surface area contributed by atoms with Crippen LogP contribution in [0.1, 0.15) is 69.7 Å². The monoisotopic (exact) mass is 349 g/mol. The van der Waals surface area contributed by atoms with E-state index in [0.717, 1.165) is 5.56 Å². The molecule has 0 heterocycles. The van der Waals surface area contributed by atoms with Crippen LogP contribution in [-0.2, 0) is 10.8 Å². The lowest BCUT2D eigenvalue weighted by atomic mass is 9.63. The fraction of sp³-hybridized carbons (Fsp3) is 0.391. The standard InChI is InChI=1S/C23H27NO2/c1-16(14-17-6-9-19(10-7-17)24(25)26)18-8-11-20-21(15-18)23(4,5)13-12-22(20,2)3/h6-11,14-15H,12-13H2,1-5H3/b16-14+. The molecule has 0 saturated carbocycles. The third kappa shape index (κ3) is 3.44. The Balaban J connectivity index is 1.98. The molecule has 136 valence electrons. The van der Waals surface area contributed by atoms with Gasteiger partial charge in [0.2, 0.25) is 0 Å². The summed E-state index contributed by atoms with van der Waals surface area (Å²) in [6.07, 6.45) is 4.50. The molecule has 0 bridgehead atoms. The van der Waals surface area contributed by atoms with Crippen LogP contribution in [0.3, 0.4) is 0 Å². The van der Waals surface area contributed by atoms with Gasteiger partial charge in [-0.3, -0.25) is 10.1 Å². The molecule has 3 nitrogen and oxygen atoms in total. The molecule has 1 aliphatic carbocycles. The zero-order valence-corrected chi connectivity index (χ0v) is 16.3. The Morgan fingerprint density at radius 2 is 1.54 bits per heavy atom. The normalized spacial score (nSPS) is 18.3. The van der Waals surface area contributed by atoms with Crippen LogP contribution in [0.25, 0.3) is 11.6 Å². The summed E-state index contributed by atoms with van der Waals surface area (Å²) in [5.74, 6) is 0. The van der Waals surface area contributed by atoms with Crippen LogP contribution in [0.2, 0.25) is 0 Å². The van der Waals surface area contributed by atoms with Gasteiger partial charge in [0.15, 0.2) is 0 Å². The first-order valence-electron chi connectivity index (χ1n) is 9.18. The summed E-state index contributed by atoms with van der Waals surface area (Å²) in [6, 6.07) is 13.5. The minimum Gasteiger partial charge on any atom is -0.258 e. The Morgan fingerprint density at radius 3 is 2.12 bits per heavy atom. The van der Waals surface area contributed by atoms with Gasteiger partial charge < -0.3 is 0 Å². The molecule has 2 aromatic carbocycles. The molecule has 3 heteroatoms. The summed E-state index contributed by atoms with van der Waals surface area (Å²) >= 11 is 0. The minimum atomic E-state index is -0.367. The number of nitro groups is 1. The van der Waals surface area contributed by atoms with Crippen molar-refractivity contribution in [3.63, 3.8) is 0 Å². The van der Waals surface area contributed by atoms with Crippen molar-refractivity contribution in [3.8, 4) is 0 Å². The van der Waals surface area contributed by atoms with Gasteiger partial charge in [-0.15, -0.1) is 0 Å². The second-order valence-electron chi connectivity index (χ2n) is 8.70. The first-order chi connectivity index (χ1) is 12.1. The van der Waals surface area contributed by atoms with Gasteiger partial charge in [-0.1, -0.05) is 52.0 Å². The second-order valence-corrected chi connectivity index (χ2v) is 8.70. The van der Waals surface area contributed by atoms with E-state index in [2.05, 4.69) is 58.9 Å². The van der Waals surface area contributed by atoms with E-state index in [9.17, 15) is 10.1 Å². The van der Waals surface area contributed by atoms with Crippen LogP contribution in [0.5, 0.6) is 0 Å². The summed E-state index contributed by atoms with van der Waals surface area (Å²) in [6.45, 7) is 11.4. The van der Waals surface area contributed by atoms with E-state index in [4.69, 9.17) is 0 Å². The molecule has 2 aromatic rings. The van der Waals surface area contributed by atoms with Crippen LogP contribution >= 0.6 is 0 Å². The maximum absolute atomic E-state index is 10.8. The van der Waals surface area contributed by atoms with E-state index in [1.807, 2.05) is 0 Å². The van der Waals surface area contributed by atoms with Crippen LogP contribution in [0.15, 0.2) is 42.5 Å². The summed E-state index contributed by atoms with van der Waals surface area (Å²) < 4.78 is 0. The van der Waals surface area contributed by atoms with Crippen molar-refractivity contribution in [2.45, 2.75) is 58.3 Å². The van der Waals surface area contributed by atoms with Crippen molar-refractivity contribution < 1.29 is 4.92 Å². The number of rotatable bonds is 3. The molecule has 0 saturated heterocycles. The maximum Gasteiger partial charge on any atom is 0.269 e. The van der Waals surface area contributed by atoms with Gasteiger partial charge in [0, 0.05) is 12.1 Å². The van der Waals surface area contributed by atoms with Crippen molar-refractivity contribution in [2.24, 2.45) is 0 Å². The molecule has 26 heavy (non-hydrogen) atoms. The molecule has 0 spiro atoms. The molecule has 0 radical (unpaired) electrons. The molecule has 0 fully saturated rings. The van der Waals surface area contributed by atoms with Gasteiger partial charge in [0.25, 0.3) is 5.69 Å². The van der Waals surface area contributed by atoms with E-state index in [1.54, 1.807) is 24.3 Å². The number of allylic oxidation sites excluding steroid dienone is 1. The highest BCUT2D eigenvalue weighted by atomic mass is 16.6. The lowest BCUT2D eigenvalue weighted by Crippen LogP contribution is -2.33. The second kappa shape index (κ2) is 6.39. The number of hydrogen-bond donors (Lipinski definition) is 0. The van der Waals surface area contributed by atoms with Crippen LogP contribution < -0.4 is 0 Å². The third-order valence-corrected chi connectivity index (χ3v) is 5.80. The summed E-state index contributed by atoms with van der Waals surface area (Å²) in [4.78, 5) is 10.4. The number of benzene rings is 2. The Morgan fingerprint density at radius 1 is 0.962 bits per heavy atom. The Bertz CT molecular complexity index is 874. The highest BCUT2D eigenvalue weighted by Crippen LogP contribution is 2.46. The Kier molecular flexibility index (Phi) is 4.51. The zero-order valence-electron chi connectivity index (χ0n) is 16.3. The molecule has 0 aromatic heterocycles. The predicted octanol–water partition coefficient (Wildman–Crippen LogP) is 6.50. The highest BCUT2D eigenvalue weighted by Gasteiger charge is 2.36. The van der Waals surface area contributed by atoms with E-state index >= 15 is 0 Å². The Labute approximate surface area is 155 Å². The van der Waals surface area contributed by atoms with Crippen LogP contribution in [0, 0.1) is 10.1 Å². The van der Waals surface area contributed by atoms with E-state index < -0.39 is 0 Å². The summed E-state index contributed by atoms with van der Waals surface area (Å²) in [5, 5.41) is 10.8. The summed E-state index contributed by atoms with van der Waals surface area (Å²) in [7, 11) is 0. The lowest BCUT2D eigenvalue weighted by Gasteiger charge is -2.42. The van der Waals surface area contributed by atoms with Crippen molar-refractivity contribution in [3.05, 3.63) is 74.8 Å². The van der Waals surface area contributed by atoms with Crippen LogP contribution in [0.4, 0.5) is 5.69 Å². The highest BCUT2D eigenvalue weighted by molar-refractivity contribution is 5.81. The smallest absolute Gasteiger partial charge is 0.258 e. The number of hydrogen-bond acceptors (Lipinski definition) is 2. The van der Waals surface area contributed by atoms with Crippen molar-refractivity contribution >= 4 is 17.3 Å². The van der Waals surface area contributed by atoms with Gasteiger partial charge in [-0.05, 0) is 70.6 Å². The molecular formula is C23H27NO2. The topological polar surface area (TPSA) is 43.1 Å². The maximum atomic E-state index is 10.8. The largest absolute Gasteiger partial charge is 0.269 e. The van der Waals surface area contributed by atoms with Gasteiger partial charge in [0.05, 0.1) is 4.92 Å². The average Bonchev–Trinajstić information content (AvgIpc) is 2.59. The van der Waals surface area contributed by atoms with Crippen LogP contribution in [-0.4, -0.2) is 4.92 Å². The van der Waals surface area contributed by atoms with E-state index in [1.165, 1.54) is 35.1 Å². The summed E-state index contributed by atoms with van der Waals surface area (Å²) in [5.41, 5.74) is 6.80. The molecule has 0 aliphatic heterocycles. The van der Waals surface area contributed by atoms with Crippen molar-refractivity contribution in [1.82, 2.24) is 0 Å². The minimum absolute atomic E-state index is 0.123.